The number of benzene rings is 1. The third-order valence-electron chi connectivity index (χ3n) is 3.29. The summed E-state index contributed by atoms with van der Waals surface area (Å²) in [5, 5.41) is 13.4. The topological polar surface area (TPSA) is 82.9 Å². The molecule has 0 radical (unpaired) electrons. The van der Waals surface area contributed by atoms with Crippen LogP contribution in [-0.2, 0) is 24.1 Å². The van der Waals surface area contributed by atoms with Gasteiger partial charge in [-0.3, -0.25) is 9.40 Å². The van der Waals surface area contributed by atoms with Gasteiger partial charge in [0.25, 0.3) is 0 Å². The maximum Gasteiger partial charge on any atom is 0.399 e. The van der Waals surface area contributed by atoms with Crippen LogP contribution >= 0.6 is 23.2 Å². The van der Waals surface area contributed by atoms with E-state index < -0.39 is 28.5 Å². The van der Waals surface area contributed by atoms with Crippen molar-refractivity contribution in [3.63, 3.8) is 0 Å². The molecule has 0 fully saturated rings. The Hall–Kier alpha value is -1.68. The molecule has 0 aliphatic carbocycles. The number of nitrogens with one attached hydrogen (secondary N) is 2. The first kappa shape index (κ1) is 17.2. The Bertz CT molecular complexity index is 951. The van der Waals surface area contributed by atoms with E-state index in [0.717, 1.165) is 4.68 Å². The van der Waals surface area contributed by atoms with Crippen molar-refractivity contribution in [2.45, 2.75) is 11.0 Å². The number of aryl methyl sites for hydroxylation is 1. The van der Waals surface area contributed by atoms with E-state index in [4.69, 9.17) is 28.3 Å². The van der Waals surface area contributed by atoms with Gasteiger partial charge in [-0.25, -0.2) is 4.21 Å². The van der Waals surface area contributed by atoms with Crippen LogP contribution in [0.25, 0.3) is 10.9 Å². The molecule has 0 saturated heterocycles. The number of aromatic amines is 1. The van der Waals surface area contributed by atoms with Gasteiger partial charge in [-0.05, 0) is 12.1 Å². The normalized spacial score (nSPS) is 13.4. The number of H-pyrrole nitrogens is 1. The van der Waals surface area contributed by atoms with Gasteiger partial charge in [0.2, 0.25) is 0 Å². The molecule has 0 saturated carbocycles. The molecule has 24 heavy (non-hydrogen) atoms. The fourth-order valence-electron chi connectivity index (χ4n) is 2.30. The lowest BCUT2D eigenvalue weighted by atomic mass is 10.2. The Balaban J connectivity index is 2.01. The molecule has 1 unspecified atom stereocenters. The van der Waals surface area contributed by atoms with Crippen molar-refractivity contribution in [3.8, 4) is 0 Å². The maximum atomic E-state index is 13.4. The molecule has 2 aromatic heterocycles. The lowest BCUT2D eigenvalue weighted by Gasteiger charge is -2.12. The van der Waals surface area contributed by atoms with Crippen molar-refractivity contribution >= 4 is 50.8 Å². The van der Waals surface area contributed by atoms with Gasteiger partial charge in [-0.15, -0.1) is 0 Å². The highest BCUT2D eigenvalue weighted by atomic mass is 35.5. The number of anilines is 1. The van der Waals surface area contributed by atoms with Crippen LogP contribution in [0.5, 0.6) is 0 Å². The lowest BCUT2D eigenvalue weighted by molar-refractivity contribution is -0.213. The molecule has 2 heterocycles. The van der Waals surface area contributed by atoms with Crippen LogP contribution < -0.4 is 4.72 Å². The molecule has 1 atom stereocenters. The highest BCUT2D eigenvalue weighted by Gasteiger charge is 2.37. The first-order valence-corrected chi connectivity index (χ1v) is 8.37. The van der Waals surface area contributed by atoms with Crippen molar-refractivity contribution in [1.29, 1.82) is 0 Å². The largest absolute Gasteiger partial charge is 0.399 e. The highest BCUT2D eigenvalue weighted by Crippen LogP contribution is 2.36. The van der Waals surface area contributed by atoms with Crippen LogP contribution in [0.1, 0.15) is 5.69 Å². The third kappa shape index (κ3) is 3.00. The van der Waals surface area contributed by atoms with Gasteiger partial charge >= 0.3 is 6.11 Å². The summed E-state index contributed by atoms with van der Waals surface area (Å²) in [6, 6.07) is 4.90. The molecule has 3 aromatic rings. The van der Waals surface area contributed by atoms with Crippen molar-refractivity contribution < 1.29 is 18.1 Å². The summed E-state index contributed by atoms with van der Waals surface area (Å²) in [6.45, 7) is 0. The summed E-state index contributed by atoms with van der Waals surface area (Å²) in [7, 11) is -0.745. The van der Waals surface area contributed by atoms with Crippen LogP contribution in [0.15, 0.2) is 29.3 Å². The predicted molar refractivity (Wildman–Crippen MR) is 87.7 cm³/mol. The zero-order valence-corrected chi connectivity index (χ0v) is 14.3. The van der Waals surface area contributed by atoms with E-state index in [2.05, 4.69) is 14.8 Å². The molecule has 0 aliphatic rings. The van der Waals surface area contributed by atoms with Crippen LogP contribution in [0, 0.1) is 0 Å². The molecular weight excluding hydrogens is 385 g/mol. The minimum Gasteiger partial charge on any atom is -0.360 e. The zero-order valence-electron chi connectivity index (χ0n) is 12.0. The minimum atomic E-state index is -4.20. The van der Waals surface area contributed by atoms with Gasteiger partial charge in [0.05, 0.1) is 4.90 Å². The molecule has 3 rings (SSSR count). The summed E-state index contributed by atoms with van der Waals surface area (Å²) < 4.78 is 42.3. The van der Waals surface area contributed by atoms with Crippen LogP contribution in [0.2, 0.25) is 10.2 Å². The molecule has 0 bridgehead atoms. The number of alkyl halides is 2. The molecule has 0 aliphatic heterocycles. The maximum absolute atomic E-state index is 13.4. The van der Waals surface area contributed by atoms with Gasteiger partial charge in [0, 0.05) is 29.2 Å². The van der Waals surface area contributed by atoms with E-state index in [1.807, 2.05) is 0 Å². The Morgan fingerprint density at radius 1 is 1.42 bits per heavy atom. The molecule has 1 aromatic carbocycles. The number of hydrogen-bond acceptors (Lipinski definition) is 3. The fraction of sp³-hybridized carbons (Fsp3) is 0.154. The molecule has 3 N–H and O–H groups in total. The molecule has 6 nitrogen and oxygen atoms in total. The Labute approximate surface area is 147 Å². The second-order valence-corrected chi connectivity index (χ2v) is 6.87. The average molecular weight is 395 g/mol. The lowest BCUT2D eigenvalue weighted by Crippen LogP contribution is -2.19. The Morgan fingerprint density at radius 2 is 2.12 bits per heavy atom. The molecular formula is C13H10Cl2F2N4O2S. The number of halogens is 4. The number of hydrogen-bond donors (Lipinski definition) is 3. The fourth-order valence-corrected chi connectivity index (χ4v) is 3.81. The van der Waals surface area contributed by atoms with Crippen LogP contribution in [0.4, 0.5) is 14.5 Å². The van der Waals surface area contributed by atoms with Gasteiger partial charge in [-0.2, -0.15) is 13.9 Å². The van der Waals surface area contributed by atoms with E-state index in [1.54, 1.807) is 18.2 Å². The SMILES string of the molecule is Cn1nc(Cl)c(NS(=O)c2c[nH]c3cc(Cl)ccc23)c1C(O)(F)F. The van der Waals surface area contributed by atoms with Gasteiger partial charge in [0.1, 0.15) is 5.69 Å². The van der Waals surface area contributed by atoms with Gasteiger partial charge in [0.15, 0.2) is 21.8 Å². The number of aromatic nitrogens is 3. The summed E-state index contributed by atoms with van der Waals surface area (Å²) in [5.41, 5.74) is -0.658. The standard InChI is InChI=1S/C13H10Cl2F2N4O2S/c1-21-11(13(16,17)22)10(12(15)19-21)20-24(23)9-5-18-8-4-6(14)2-3-7(8)9/h2-5,18,20,22H,1H3. The van der Waals surface area contributed by atoms with Gasteiger partial charge in [-0.1, -0.05) is 29.3 Å². The first-order valence-electron chi connectivity index (χ1n) is 6.46. The Morgan fingerprint density at radius 3 is 2.79 bits per heavy atom. The van der Waals surface area contributed by atoms with E-state index >= 15 is 0 Å². The zero-order chi connectivity index (χ0) is 17.6. The van der Waals surface area contributed by atoms with E-state index in [9.17, 15) is 13.0 Å². The Kier molecular flexibility index (Phi) is 4.28. The van der Waals surface area contributed by atoms with E-state index in [1.165, 1.54) is 13.2 Å². The van der Waals surface area contributed by atoms with Crippen LogP contribution in [-0.4, -0.2) is 24.1 Å². The number of fused-ring (bicyclic) bond motifs is 1. The number of aliphatic hydroxyl groups is 1. The average Bonchev–Trinajstić information content (AvgIpc) is 2.99. The highest BCUT2D eigenvalue weighted by molar-refractivity contribution is 7.86. The quantitative estimate of drug-likeness (QED) is 0.634. The summed E-state index contributed by atoms with van der Waals surface area (Å²) in [6.07, 6.45) is -2.74. The minimum absolute atomic E-state index is 0.314. The second-order valence-electron chi connectivity index (χ2n) is 4.89. The molecule has 0 amide bonds. The molecule has 11 heteroatoms. The van der Waals surface area contributed by atoms with Crippen molar-refractivity contribution in [2.24, 2.45) is 7.05 Å². The smallest absolute Gasteiger partial charge is 0.360 e. The van der Waals surface area contributed by atoms with Gasteiger partial charge < -0.3 is 10.1 Å². The van der Waals surface area contributed by atoms with E-state index in [-0.39, 0.29) is 5.15 Å². The summed E-state index contributed by atoms with van der Waals surface area (Å²) >= 11 is 11.7. The number of nitrogens with zero attached hydrogens (tertiary/aromatic N) is 2. The third-order valence-corrected chi connectivity index (χ3v) is 4.92. The molecule has 0 spiro atoms. The first-order chi connectivity index (χ1) is 11.2. The van der Waals surface area contributed by atoms with E-state index in [0.29, 0.717) is 20.8 Å². The number of rotatable bonds is 4. The predicted octanol–water partition coefficient (Wildman–Crippen LogP) is 3.38. The van der Waals surface area contributed by atoms with Crippen molar-refractivity contribution in [1.82, 2.24) is 14.8 Å². The van der Waals surface area contributed by atoms with Crippen molar-refractivity contribution in [2.75, 3.05) is 4.72 Å². The van der Waals surface area contributed by atoms with Crippen molar-refractivity contribution in [3.05, 3.63) is 40.3 Å². The monoisotopic (exact) mass is 394 g/mol. The summed E-state index contributed by atoms with van der Waals surface area (Å²) in [4.78, 5) is 3.21. The van der Waals surface area contributed by atoms with Crippen LogP contribution in [0.3, 0.4) is 0 Å². The second kappa shape index (κ2) is 5.99. The molecule has 128 valence electrons. The summed E-state index contributed by atoms with van der Waals surface area (Å²) in [5.74, 6) is 0.